The molecule has 182 valence electrons. The number of thiazole rings is 1. The van der Waals surface area contributed by atoms with Crippen LogP contribution in [-0.4, -0.2) is 38.5 Å². The summed E-state index contributed by atoms with van der Waals surface area (Å²) in [5, 5.41) is 0. The summed E-state index contributed by atoms with van der Waals surface area (Å²) in [5.41, 5.74) is 2.11. The summed E-state index contributed by atoms with van der Waals surface area (Å²) in [6.07, 6.45) is 1.75. The Labute approximate surface area is 206 Å². The van der Waals surface area contributed by atoms with Gasteiger partial charge in [-0.15, -0.1) is 0 Å². The number of aromatic nitrogens is 1. The minimum absolute atomic E-state index is 0.225. The number of benzene rings is 2. The number of carbonyl (C=O) groups excluding carboxylic acids is 1. The zero-order valence-corrected chi connectivity index (χ0v) is 21.0. The van der Waals surface area contributed by atoms with E-state index >= 15 is 0 Å². The van der Waals surface area contributed by atoms with Gasteiger partial charge in [-0.3, -0.25) is 9.36 Å². The average molecular weight is 495 g/mol. The van der Waals surface area contributed by atoms with Crippen molar-refractivity contribution in [1.29, 1.82) is 0 Å². The van der Waals surface area contributed by atoms with Crippen molar-refractivity contribution in [1.82, 2.24) is 4.57 Å². The monoisotopic (exact) mass is 494 g/mol. The van der Waals surface area contributed by atoms with Crippen LogP contribution in [0.1, 0.15) is 31.0 Å². The molecule has 0 radical (unpaired) electrons. The smallest absolute Gasteiger partial charge is 0.338 e. The largest absolute Gasteiger partial charge is 0.493 e. The molecule has 2 heterocycles. The van der Waals surface area contributed by atoms with E-state index in [0.29, 0.717) is 43.4 Å². The molecule has 1 aliphatic heterocycles. The lowest BCUT2D eigenvalue weighted by Crippen LogP contribution is -2.39. The molecular formula is C26H26N2O6S. The zero-order chi connectivity index (χ0) is 25.1. The van der Waals surface area contributed by atoms with Crippen molar-refractivity contribution >= 4 is 23.4 Å². The van der Waals surface area contributed by atoms with Crippen LogP contribution < -0.4 is 29.1 Å². The normalized spacial score (nSPS) is 15.3. The average Bonchev–Trinajstić information content (AvgIpc) is 3.17. The fourth-order valence-corrected chi connectivity index (χ4v) is 5.12. The summed E-state index contributed by atoms with van der Waals surface area (Å²) in [6.45, 7) is 3.74. The van der Waals surface area contributed by atoms with Crippen molar-refractivity contribution in [2.45, 2.75) is 19.9 Å². The fourth-order valence-electron chi connectivity index (χ4n) is 4.08. The summed E-state index contributed by atoms with van der Waals surface area (Å²) >= 11 is 1.25. The van der Waals surface area contributed by atoms with Crippen LogP contribution >= 0.6 is 11.3 Å². The van der Waals surface area contributed by atoms with Gasteiger partial charge in [0.15, 0.2) is 16.3 Å². The minimum atomic E-state index is -0.645. The van der Waals surface area contributed by atoms with Crippen LogP contribution in [0.3, 0.4) is 0 Å². The molecule has 1 aromatic heterocycles. The number of carbonyl (C=O) groups is 1. The van der Waals surface area contributed by atoms with Crippen LogP contribution in [0.2, 0.25) is 0 Å². The first-order valence-corrected chi connectivity index (χ1v) is 11.8. The quantitative estimate of drug-likeness (QED) is 0.470. The standard InChI is InChI=1S/C26H26N2O6S/c1-6-34-25(30)21-15(2)27-26-28(22(21)17-10-8-7-9-11-17)24(29)20(35-26)14-16-12-18(31-3)23(33-5)19(13-16)32-4/h7-14,22H,6H2,1-5H3/b20-14+/t22-/m0/s1. The van der Waals surface area contributed by atoms with Crippen LogP contribution in [-0.2, 0) is 9.53 Å². The maximum atomic E-state index is 13.7. The predicted octanol–water partition coefficient (Wildman–Crippen LogP) is 2.82. The third kappa shape index (κ3) is 4.46. The Hall–Kier alpha value is -3.85. The number of nitrogens with zero attached hydrogens (tertiary/aromatic N) is 2. The van der Waals surface area contributed by atoms with Crippen molar-refractivity contribution < 1.29 is 23.7 Å². The van der Waals surface area contributed by atoms with E-state index in [1.165, 1.54) is 32.7 Å². The van der Waals surface area contributed by atoms with Crippen molar-refractivity contribution in [2.24, 2.45) is 4.99 Å². The Kier molecular flexibility index (Phi) is 7.07. The molecule has 0 spiro atoms. The molecule has 35 heavy (non-hydrogen) atoms. The molecule has 0 N–H and O–H groups in total. The molecule has 4 rings (SSSR count). The van der Waals surface area contributed by atoms with Gasteiger partial charge in [0.05, 0.1) is 49.8 Å². The van der Waals surface area contributed by atoms with E-state index < -0.39 is 12.0 Å². The molecule has 0 fully saturated rings. The van der Waals surface area contributed by atoms with E-state index in [-0.39, 0.29) is 12.2 Å². The predicted molar refractivity (Wildman–Crippen MR) is 133 cm³/mol. The van der Waals surface area contributed by atoms with E-state index in [1.54, 1.807) is 36.6 Å². The SMILES string of the molecule is CCOC(=O)C1=C(C)N=c2s/c(=C/c3cc(OC)c(OC)c(OC)c3)c(=O)n2[C@H]1c1ccccc1. The van der Waals surface area contributed by atoms with Crippen LogP contribution in [0.15, 0.2) is 63.5 Å². The first kappa shape index (κ1) is 24.3. The van der Waals surface area contributed by atoms with Crippen LogP contribution in [0.4, 0.5) is 0 Å². The molecule has 0 unspecified atom stereocenters. The number of esters is 1. The Morgan fingerprint density at radius 3 is 2.31 bits per heavy atom. The first-order chi connectivity index (χ1) is 16.9. The number of methoxy groups -OCH3 is 3. The molecule has 0 aliphatic carbocycles. The Bertz CT molecular complexity index is 1440. The molecule has 1 aliphatic rings. The van der Waals surface area contributed by atoms with Crippen LogP contribution in [0, 0.1) is 0 Å². The van der Waals surface area contributed by atoms with E-state index in [4.69, 9.17) is 18.9 Å². The first-order valence-electron chi connectivity index (χ1n) is 11.0. The second-order valence-corrected chi connectivity index (χ2v) is 8.68. The maximum absolute atomic E-state index is 13.7. The van der Waals surface area contributed by atoms with Gasteiger partial charge < -0.3 is 18.9 Å². The van der Waals surface area contributed by atoms with E-state index in [0.717, 1.165) is 5.56 Å². The van der Waals surface area contributed by atoms with Gasteiger partial charge in [0.1, 0.15) is 0 Å². The number of rotatable bonds is 7. The summed E-state index contributed by atoms with van der Waals surface area (Å²) in [4.78, 5) is 31.7. The number of allylic oxidation sites excluding steroid dienone is 1. The van der Waals surface area contributed by atoms with Crippen molar-refractivity contribution in [3.63, 3.8) is 0 Å². The second kappa shape index (κ2) is 10.2. The molecule has 3 aromatic rings. The third-order valence-corrected chi connectivity index (χ3v) is 6.60. The topological polar surface area (TPSA) is 88.4 Å². The second-order valence-electron chi connectivity index (χ2n) is 7.67. The lowest BCUT2D eigenvalue weighted by atomic mass is 9.96. The fraction of sp³-hybridized carbons (Fsp3) is 0.269. The van der Waals surface area contributed by atoms with Crippen LogP contribution in [0.5, 0.6) is 17.2 Å². The number of hydrogen-bond acceptors (Lipinski definition) is 8. The molecule has 0 bridgehead atoms. The van der Waals surface area contributed by atoms with E-state index in [9.17, 15) is 9.59 Å². The molecule has 2 aromatic carbocycles. The number of fused-ring (bicyclic) bond motifs is 1. The van der Waals surface area contributed by atoms with Gasteiger partial charge in [-0.05, 0) is 43.2 Å². The maximum Gasteiger partial charge on any atom is 0.338 e. The summed E-state index contributed by atoms with van der Waals surface area (Å²) in [7, 11) is 4.61. The lowest BCUT2D eigenvalue weighted by molar-refractivity contribution is -0.139. The van der Waals surface area contributed by atoms with Gasteiger partial charge in [0.2, 0.25) is 5.75 Å². The zero-order valence-electron chi connectivity index (χ0n) is 20.2. The highest BCUT2D eigenvalue weighted by molar-refractivity contribution is 7.07. The number of hydrogen-bond donors (Lipinski definition) is 0. The Morgan fingerprint density at radius 1 is 1.09 bits per heavy atom. The van der Waals surface area contributed by atoms with Gasteiger partial charge in [0.25, 0.3) is 5.56 Å². The minimum Gasteiger partial charge on any atom is -0.493 e. The molecule has 9 heteroatoms. The summed E-state index contributed by atoms with van der Waals surface area (Å²) in [6, 6.07) is 12.3. The van der Waals surface area contributed by atoms with Crippen molar-refractivity contribution in [2.75, 3.05) is 27.9 Å². The molecule has 8 nitrogen and oxygen atoms in total. The van der Waals surface area contributed by atoms with Gasteiger partial charge in [-0.2, -0.15) is 0 Å². The third-order valence-electron chi connectivity index (χ3n) is 5.62. The summed E-state index contributed by atoms with van der Waals surface area (Å²) < 4.78 is 23.6. The highest BCUT2D eigenvalue weighted by Gasteiger charge is 2.33. The van der Waals surface area contributed by atoms with E-state index in [2.05, 4.69) is 4.99 Å². The molecule has 1 atom stereocenters. The van der Waals surface area contributed by atoms with Crippen molar-refractivity contribution in [3.05, 3.63) is 84.5 Å². The Morgan fingerprint density at radius 2 is 1.74 bits per heavy atom. The molecule has 0 amide bonds. The van der Waals surface area contributed by atoms with Gasteiger partial charge in [0, 0.05) is 0 Å². The van der Waals surface area contributed by atoms with Crippen LogP contribution in [0.25, 0.3) is 6.08 Å². The highest BCUT2D eigenvalue weighted by Crippen LogP contribution is 2.38. The molecule has 0 saturated carbocycles. The highest BCUT2D eigenvalue weighted by atomic mass is 32.1. The molecule has 0 saturated heterocycles. The van der Waals surface area contributed by atoms with Gasteiger partial charge >= 0.3 is 5.97 Å². The van der Waals surface area contributed by atoms with Gasteiger partial charge in [-0.1, -0.05) is 41.7 Å². The molecular weight excluding hydrogens is 468 g/mol. The lowest BCUT2D eigenvalue weighted by Gasteiger charge is -2.24. The number of ether oxygens (including phenoxy) is 4. The van der Waals surface area contributed by atoms with Crippen molar-refractivity contribution in [3.8, 4) is 17.2 Å². The Balaban J connectivity index is 1.94. The van der Waals surface area contributed by atoms with Gasteiger partial charge in [-0.25, -0.2) is 9.79 Å². The summed E-state index contributed by atoms with van der Waals surface area (Å²) in [5.74, 6) is 0.941. The van der Waals surface area contributed by atoms with E-state index in [1.807, 2.05) is 30.3 Å².